The Morgan fingerprint density at radius 2 is 2.09 bits per heavy atom. The monoisotopic (exact) mass is 314 g/mol. The summed E-state index contributed by atoms with van der Waals surface area (Å²) < 4.78 is 5.19. The summed E-state index contributed by atoms with van der Waals surface area (Å²) in [4.78, 5) is 13.6. The molecule has 0 aliphatic carbocycles. The molecule has 5 nitrogen and oxygen atoms in total. The van der Waals surface area contributed by atoms with E-state index in [0.29, 0.717) is 18.7 Å². The van der Waals surface area contributed by atoms with Gasteiger partial charge in [0.2, 0.25) is 5.91 Å². The molecule has 5 heteroatoms. The van der Waals surface area contributed by atoms with Gasteiger partial charge in [-0.05, 0) is 43.2 Å². The molecule has 0 saturated carbocycles. The third-order valence-corrected chi connectivity index (χ3v) is 4.27. The maximum Gasteiger partial charge on any atom is 0.227 e. The first-order chi connectivity index (χ1) is 11.1. The summed E-state index contributed by atoms with van der Waals surface area (Å²) in [6.45, 7) is 3.27. The Bertz CT molecular complexity index is 637. The third kappa shape index (κ3) is 3.63. The van der Waals surface area contributed by atoms with E-state index in [0.717, 1.165) is 24.2 Å². The molecule has 0 unspecified atom stereocenters. The van der Waals surface area contributed by atoms with Crippen LogP contribution in [-0.4, -0.2) is 24.1 Å². The molecule has 2 heterocycles. The summed E-state index contributed by atoms with van der Waals surface area (Å²) in [6.07, 6.45) is 2.47. The molecular weight excluding hydrogens is 292 g/mol. The third-order valence-electron chi connectivity index (χ3n) is 4.27. The SMILES string of the molecule is C[C@@H](NC[C@@H](O)c1ccco1)c1ccc(N2CCCC2=O)cc1. The number of hydrogen-bond acceptors (Lipinski definition) is 4. The fourth-order valence-electron chi connectivity index (χ4n) is 2.85. The van der Waals surface area contributed by atoms with Crippen molar-refractivity contribution in [3.05, 3.63) is 54.0 Å². The maximum atomic E-state index is 11.8. The van der Waals surface area contributed by atoms with Crippen LogP contribution in [-0.2, 0) is 4.79 Å². The molecule has 0 bridgehead atoms. The van der Waals surface area contributed by atoms with Crippen molar-refractivity contribution in [1.29, 1.82) is 0 Å². The smallest absolute Gasteiger partial charge is 0.227 e. The number of amides is 1. The van der Waals surface area contributed by atoms with Crippen molar-refractivity contribution in [2.24, 2.45) is 0 Å². The molecule has 1 aliphatic rings. The van der Waals surface area contributed by atoms with Crippen molar-refractivity contribution in [2.45, 2.75) is 31.9 Å². The van der Waals surface area contributed by atoms with Gasteiger partial charge in [0.1, 0.15) is 11.9 Å². The van der Waals surface area contributed by atoms with Crippen LogP contribution < -0.4 is 10.2 Å². The fraction of sp³-hybridized carbons (Fsp3) is 0.389. The van der Waals surface area contributed by atoms with Crippen LogP contribution in [0.15, 0.2) is 47.1 Å². The Kier molecular flexibility index (Phi) is 4.79. The summed E-state index contributed by atoms with van der Waals surface area (Å²) in [7, 11) is 0. The molecule has 2 N–H and O–H groups in total. The lowest BCUT2D eigenvalue weighted by atomic mass is 10.1. The first-order valence-electron chi connectivity index (χ1n) is 8.00. The molecule has 0 spiro atoms. The van der Waals surface area contributed by atoms with Gasteiger partial charge >= 0.3 is 0 Å². The highest BCUT2D eigenvalue weighted by atomic mass is 16.4. The van der Waals surface area contributed by atoms with Crippen LogP contribution >= 0.6 is 0 Å². The molecule has 3 rings (SSSR count). The van der Waals surface area contributed by atoms with Gasteiger partial charge in [0.05, 0.1) is 6.26 Å². The Hall–Kier alpha value is -2.11. The zero-order valence-electron chi connectivity index (χ0n) is 13.2. The second-order valence-corrected chi connectivity index (χ2v) is 5.90. The molecular formula is C18H22N2O3. The van der Waals surface area contributed by atoms with E-state index >= 15 is 0 Å². The van der Waals surface area contributed by atoms with Crippen molar-refractivity contribution < 1.29 is 14.3 Å². The minimum Gasteiger partial charge on any atom is -0.467 e. The molecule has 122 valence electrons. The van der Waals surface area contributed by atoms with E-state index in [1.54, 1.807) is 18.4 Å². The number of rotatable bonds is 6. The van der Waals surface area contributed by atoms with Crippen LogP contribution in [0.2, 0.25) is 0 Å². The van der Waals surface area contributed by atoms with E-state index in [2.05, 4.69) is 5.32 Å². The van der Waals surface area contributed by atoms with E-state index in [4.69, 9.17) is 4.42 Å². The van der Waals surface area contributed by atoms with Gasteiger partial charge in [0.25, 0.3) is 0 Å². The molecule has 23 heavy (non-hydrogen) atoms. The molecule has 2 atom stereocenters. The number of aliphatic hydroxyl groups excluding tert-OH is 1. The number of carbonyl (C=O) groups is 1. The molecule has 1 aromatic heterocycles. The summed E-state index contributed by atoms with van der Waals surface area (Å²) in [5.41, 5.74) is 2.08. The Balaban J connectivity index is 1.57. The van der Waals surface area contributed by atoms with E-state index < -0.39 is 6.10 Å². The Morgan fingerprint density at radius 3 is 2.70 bits per heavy atom. The van der Waals surface area contributed by atoms with Gasteiger partial charge in [-0.2, -0.15) is 0 Å². The van der Waals surface area contributed by atoms with Crippen LogP contribution in [0.25, 0.3) is 0 Å². The Morgan fingerprint density at radius 1 is 1.30 bits per heavy atom. The minimum absolute atomic E-state index is 0.0999. The van der Waals surface area contributed by atoms with E-state index in [1.807, 2.05) is 36.1 Å². The number of benzene rings is 1. The van der Waals surface area contributed by atoms with Gasteiger partial charge in [0, 0.05) is 31.2 Å². The first-order valence-corrected chi connectivity index (χ1v) is 8.00. The number of hydrogen-bond donors (Lipinski definition) is 2. The summed E-state index contributed by atoms with van der Waals surface area (Å²) in [6, 6.07) is 11.6. The van der Waals surface area contributed by atoms with Gasteiger partial charge in [-0.1, -0.05) is 12.1 Å². The average molecular weight is 314 g/mol. The van der Waals surface area contributed by atoms with Crippen molar-refractivity contribution in [3.63, 3.8) is 0 Å². The number of nitrogens with zero attached hydrogens (tertiary/aromatic N) is 1. The second kappa shape index (κ2) is 6.98. The van der Waals surface area contributed by atoms with E-state index in [1.165, 1.54) is 0 Å². The minimum atomic E-state index is -0.658. The van der Waals surface area contributed by atoms with Crippen LogP contribution in [0.4, 0.5) is 5.69 Å². The second-order valence-electron chi connectivity index (χ2n) is 5.90. The highest BCUT2D eigenvalue weighted by molar-refractivity contribution is 5.95. The van der Waals surface area contributed by atoms with Gasteiger partial charge in [-0.25, -0.2) is 0 Å². The quantitative estimate of drug-likeness (QED) is 0.860. The number of aliphatic hydroxyl groups is 1. The van der Waals surface area contributed by atoms with E-state index in [9.17, 15) is 9.90 Å². The zero-order valence-corrected chi connectivity index (χ0v) is 13.2. The van der Waals surface area contributed by atoms with Crippen LogP contribution in [0.5, 0.6) is 0 Å². The fourth-order valence-corrected chi connectivity index (χ4v) is 2.85. The van der Waals surface area contributed by atoms with Crippen LogP contribution in [0.3, 0.4) is 0 Å². The lowest BCUT2D eigenvalue weighted by Gasteiger charge is -2.19. The molecule has 1 aromatic carbocycles. The summed E-state index contributed by atoms with van der Waals surface area (Å²) in [5, 5.41) is 13.3. The average Bonchev–Trinajstić information content (AvgIpc) is 3.24. The maximum absolute atomic E-state index is 11.8. The van der Waals surface area contributed by atoms with Crippen molar-refractivity contribution >= 4 is 11.6 Å². The lowest BCUT2D eigenvalue weighted by Crippen LogP contribution is -2.25. The predicted octanol–water partition coefficient (Wildman–Crippen LogP) is 2.79. The number of furan rings is 1. The molecule has 1 amide bonds. The number of anilines is 1. The molecule has 1 aliphatic heterocycles. The van der Waals surface area contributed by atoms with Gasteiger partial charge < -0.3 is 19.7 Å². The van der Waals surface area contributed by atoms with Gasteiger partial charge in [-0.3, -0.25) is 4.79 Å². The normalized spacial score (nSPS) is 17.5. The summed E-state index contributed by atoms with van der Waals surface area (Å²) >= 11 is 0. The Labute approximate surface area is 135 Å². The van der Waals surface area contributed by atoms with Gasteiger partial charge in [-0.15, -0.1) is 0 Å². The highest BCUT2D eigenvalue weighted by Gasteiger charge is 2.21. The van der Waals surface area contributed by atoms with E-state index in [-0.39, 0.29) is 11.9 Å². The predicted molar refractivity (Wildman–Crippen MR) is 88.1 cm³/mol. The molecule has 2 aromatic rings. The van der Waals surface area contributed by atoms with Crippen molar-refractivity contribution in [2.75, 3.05) is 18.0 Å². The van der Waals surface area contributed by atoms with Crippen LogP contribution in [0, 0.1) is 0 Å². The molecule has 1 saturated heterocycles. The lowest BCUT2D eigenvalue weighted by molar-refractivity contribution is -0.117. The van der Waals surface area contributed by atoms with Crippen LogP contribution in [0.1, 0.15) is 43.2 Å². The zero-order chi connectivity index (χ0) is 16.2. The number of carbonyl (C=O) groups excluding carboxylic acids is 1. The standard InChI is InChI=1S/C18H22N2O3/c1-13(19-12-16(21)17-4-3-11-23-17)14-6-8-15(9-7-14)20-10-2-5-18(20)22/h3-4,6-9,11,13,16,19,21H,2,5,10,12H2,1H3/t13-,16-/m1/s1. The first kappa shape index (κ1) is 15.8. The molecule has 1 fully saturated rings. The summed E-state index contributed by atoms with van der Waals surface area (Å²) in [5.74, 6) is 0.762. The van der Waals surface area contributed by atoms with Crippen molar-refractivity contribution in [3.8, 4) is 0 Å². The topological polar surface area (TPSA) is 65.7 Å². The van der Waals surface area contributed by atoms with Gasteiger partial charge in [0.15, 0.2) is 0 Å². The largest absolute Gasteiger partial charge is 0.467 e. The number of nitrogens with one attached hydrogen (secondary N) is 1. The highest BCUT2D eigenvalue weighted by Crippen LogP contribution is 2.23. The molecule has 0 radical (unpaired) electrons. The van der Waals surface area contributed by atoms with Crippen molar-refractivity contribution in [1.82, 2.24) is 5.32 Å².